The lowest BCUT2D eigenvalue weighted by Crippen LogP contribution is -2.37. The normalized spacial score (nSPS) is 14.8. The summed E-state index contributed by atoms with van der Waals surface area (Å²) < 4.78 is 1.78. The van der Waals surface area contributed by atoms with Gasteiger partial charge in [-0.15, -0.1) is 0 Å². The van der Waals surface area contributed by atoms with Crippen LogP contribution in [0.25, 0.3) is 5.69 Å². The standard InChI is InChI=1S/C15H16N2O2S/c1-11(18)13-14(19)17(12-7-3-2-4-8-12)15(20-13)16-9-5-6-10-16/h2-4,7-8H,5-6,9-10H2,1H3/p+1. The third-order valence-corrected chi connectivity index (χ3v) is 4.81. The van der Waals surface area contributed by atoms with Crippen molar-refractivity contribution in [2.24, 2.45) is 0 Å². The number of benzene rings is 1. The lowest BCUT2D eigenvalue weighted by Gasteiger charge is -2.09. The van der Waals surface area contributed by atoms with Crippen LogP contribution in [0.4, 0.5) is 5.13 Å². The number of Topliss-reactive ketones (excluding diaryl/α,β-unsaturated/α-hetero) is 1. The summed E-state index contributed by atoms with van der Waals surface area (Å²) in [6.07, 6.45) is 2.31. The van der Waals surface area contributed by atoms with Gasteiger partial charge in [-0.25, -0.2) is 0 Å². The molecule has 0 unspecified atom stereocenters. The summed E-state index contributed by atoms with van der Waals surface area (Å²) in [5.41, 5.74) is 0.885. The molecule has 4 nitrogen and oxygen atoms in total. The third-order valence-electron chi connectivity index (χ3n) is 3.51. The van der Waals surface area contributed by atoms with Gasteiger partial charge in [-0.1, -0.05) is 18.2 Å². The molecule has 1 aliphatic rings. The van der Waals surface area contributed by atoms with E-state index in [4.69, 9.17) is 0 Å². The van der Waals surface area contributed by atoms with E-state index >= 15 is 0 Å². The molecule has 0 saturated carbocycles. The second kappa shape index (κ2) is 5.25. The lowest BCUT2D eigenvalue weighted by molar-refractivity contribution is -0.586. The maximum absolute atomic E-state index is 11.7. The first-order valence-corrected chi connectivity index (χ1v) is 7.59. The average Bonchev–Trinajstić information content (AvgIpc) is 3.06. The number of aromatic hydroxyl groups is 1. The minimum Gasteiger partial charge on any atom is -0.476 e. The van der Waals surface area contributed by atoms with Crippen LogP contribution < -0.4 is 9.47 Å². The molecule has 0 bridgehead atoms. The van der Waals surface area contributed by atoms with E-state index in [0.717, 1.165) is 36.8 Å². The largest absolute Gasteiger partial charge is 0.476 e. The van der Waals surface area contributed by atoms with E-state index in [-0.39, 0.29) is 11.7 Å². The van der Waals surface area contributed by atoms with Crippen molar-refractivity contribution in [1.82, 2.24) is 0 Å². The van der Waals surface area contributed by atoms with E-state index in [0.29, 0.717) is 4.88 Å². The minimum atomic E-state index is -0.0948. The minimum absolute atomic E-state index is 0.0515. The summed E-state index contributed by atoms with van der Waals surface area (Å²) in [5, 5.41) is 11.4. The van der Waals surface area contributed by atoms with Gasteiger partial charge in [-0.3, -0.25) is 9.69 Å². The number of thiazole rings is 1. The zero-order chi connectivity index (χ0) is 14.1. The molecule has 3 rings (SSSR count). The number of anilines is 1. The van der Waals surface area contributed by atoms with Crippen LogP contribution in [-0.4, -0.2) is 24.0 Å². The Kier molecular flexibility index (Phi) is 3.44. The van der Waals surface area contributed by atoms with Crippen LogP contribution in [0.15, 0.2) is 30.3 Å². The van der Waals surface area contributed by atoms with Crippen LogP contribution in [0.5, 0.6) is 5.88 Å². The van der Waals surface area contributed by atoms with Crippen molar-refractivity contribution in [2.75, 3.05) is 18.0 Å². The fraction of sp³-hybridized carbons (Fsp3) is 0.333. The molecular formula is C15H17N2O2S+. The molecular weight excluding hydrogens is 272 g/mol. The number of aromatic nitrogens is 1. The highest BCUT2D eigenvalue weighted by Gasteiger charge is 2.33. The van der Waals surface area contributed by atoms with Crippen LogP contribution in [0.3, 0.4) is 0 Å². The summed E-state index contributed by atoms with van der Waals surface area (Å²) in [7, 11) is 0. The van der Waals surface area contributed by atoms with Crippen molar-refractivity contribution in [3.63, 3.8) is 0 Å². The van der Waals surface area contributed by atoms with Crippen molar-refractivity contribution < 1.29 is 14.5 Å². The smallest absolute Gasteiger partial charge is 0.345 e. The van der Waals surface area contributed by atoms with Gasteiger partial charge in [0, 0.05) is 6.92 Å². The van der Waals surface area contributed by atoms with Gasteiger partial charge in [0.05, 0.1) is 13.1 Å². The van der Waals surface area contributed by atoms with E-state index in [2.05, 4.69) is 4.90 Å². The molecule has 20 heavy (non-hydrogen) atoms. The van der Waals surface area contributed by atoms with Gasteiger partial charge >= 0.3 is 11.0 Å². The second-order valence-electron chi connectivity index (χ2n) is 4.96. The fourth-order valence-corrected chi connectivity index (χ4v) is 3.63. The molecule has 1 aromatic carbocycles. The zero-order valence-electron chi connectivity index (χ0n) is 11.4. The second-order valence-corrected chi connectivity index (χ2v) is 5.94. The Morgan fingerprint density at radius 1 is 1.25 bits per heavy atom. The molecule has 1 fully saturated rings. The maximum Gasteiger partial charge on any atom is 0.345 e. The van der Waals surface area contributed by atoms with E-state index in [1.165, 1.54) is 18.3 Å². The first-order chi connectivity index (χ1) is 9.68. The van der Waals surface area contributed by atoms with Gasteiger partial charge in [0.2, 0.25) is 0 Å². The highest BCUT2D eigenvalue weighted by molar-refractivity contribution is 7.17. The maximum atomic E-state index is 11.7. The number of nitrogens with zero attached hydrogens (tertiary/aromatic N) is 2. The van der Waals surface area contributed by atoms with Crippen molar-refractivity contribution in [2.45, 2.75) is 19.8 Å². The monoisotopic (exact) mass is 289 g/mol. The Labute approximate surface area is 121 Å². The average molecular weight is 289 g/mol. The number of ketones is 1. The van der Waals surface area contributed by atoms with E-state index in [1.807, 2.05) is 30.3 Å². The van der Waals surface area contributed by atoms with Crippen LogP contribution in [0, 0.1) is 0 Å². The van der Waals surface area contributed by atoms with Crippen LogP contribution in [-0.2, 0) is 0 Å². The van der Waals surface area contributed by atoms with Gasteiger partial charge in [0.1, 0.15) is 5.69 Å². The number of rotatable bonds is 3. The molecule has 0 aliphatic carbocycles. The summed E-state index contributed by atoms with van der Waals surface area (Å²) in [6.45, 7) is 3.45. The van der Waals surface area contributed by atoms with Crippen LogP contribution in [0.1, 0.15) is 29.4 Å². The Hall–Kier alpha value is -1.88. The predicted molar refractivity (Wildman–Crippen MR) is 79.0 cm³/mol. The molecule has 5 heteroatoms. The molecule has 1 aliphatic heterocycles. The molecule has 104 valence electrons. The molecule has 0 amide bonds. The van der Waals surface area contributed by atoms with E-state index in [9.17, 15) is 9.90 Å². The molecule has 1 aromatic heterocycles. The van der Waals surface area contributed by atoms with Gasteiger partial charge in [-0.05, 0) is 36.3 Å². The number of carbonyl (C=O) groups is 1. The highest BCUT2D eigenvalue weighted by Crippen LogP contribution is 2.32. The Morgan fingerprint density at radius 2 is 1.90 bits per heavy atom. The molecule has 0 atom stereocenters. The zero-order valence-corrected chi connectivity index (χ0v) is 12.2. The molecule has 2 heterocycles. The van der Waals surface area contributed by atoms with Crippen LogP contribution >= 0.6 is 11.3 Å². The Balaban J connectivity index is 2.17. The Morgan fingerprint density at radius 3 is 2.50 bits per heavy atom. The fourth-order valence-electron chi connectivity index (χ4n) is 2.53. The summed E-state index contributed by atoms with van der Waals surface area (Å²) in [4.78, 5) is 14.4. The number of carbonyl (C=O) groups excluding carboxylic acids is 1. The topological polar surface area (TPSA) is 44.4 Å². The van der Waals surface area contributed by atoms with Crippen molar-refractivity contribution in [1.29, 1.82) is 0 Å². The molecule has 0 spiro atoms. The molecule has 1 N–H and O–H groups in total. The first kappa shape index (κ1) is 13.1. The molecule has 1 saturated heterocycles. The summed E-state index contributed by atoms with van der Waals surface area (Å²) >= 11 is 1.38. The predicted octanol–water partition coefficient (Wildman–Crippen LogP) is 2.53. The van der Waals surface area contributed by atoms with Gasteiger partial charge in [0.25, 0.3) is 0 Å². The van der Waals surface area contributed by atoms with Crippen molar-refractivity contribution in [3.8, 4) is 11.6 Å². The quantitative estimate of drug-likeness (QED) is 0.697. The van der Waals surface area contributed by atoms with Crippen molar-refractivity contribution in [3.05, 3.63) is 35.2 Å². The number of para-hydroxylation sites is 1. The summed E-state index contributed by atoms with van der Waals surface area (Å²) in [6, 6.07) is 9.68. The van der Waals surface area contributed by atoms with Crippen molar-refractivity contribution >= 4 is 22.3 Å². The van der Waals surface area contributed by atoms with Gasteiger partial charge < -0.3 is 5.11 Å². The molecule has 2 aromatic rings. The summed E-state index contributed by atoms with van der Waals surface area (Å²) in [5.74, 6) is -0.0433. The van der Waals surface area contributed by atoms with Gasteiger partial charge in [-0.2, -0.15) is 4.57 Å². The van der Waals surface area contributed by atoms with E-state index < -0.39 is 0 Å². The first-order valence-electron chi connectivity index (χ1n) is 6.77. The van der Waals surface area contributed by atoms with Crippen LogP contribution in [0.2, 0.25) is 0 Å². The number of hydrogen-bond donors (Lipinski definition) is 1. The highest BCUT2D eigenvalue weighted by atomic mass is 32.1. The molecule has 0 radical (unpaired) electrons. The van der Waals surface area contributed by atoms with Gasteiger partial charge in [0.15, 0.2) is 10.7 Å². The Bertz CT molecular complexity index is 631. The lowest BCUT2D eigenvalue weighted by atomic mass is 10.3. The third kappa shape index (κ3) is 2.18. The number of hydrogen-bond acceptors (Lipinski definition) is 4. The SMILES string of the molecule is CC(=O)c1sc(N2CCCC2)[n+](-c2ccccc2)c1O. The van der Waals surface area contributed by atoms with E-state index in [1.54, 1.807) is 4.57 Å².